The number of hydrogen-bond acceptors (Lipinski definition) is 8. The van der Waals surface area contributed by atoms with Crippen molar-refractivity contribution in [2.75, 3.05) is 13.7 Å². The second-order valence-electron chi connectivity index (χ2n) is 6.24. The lowest BCUT2D eigenvalue weighted by Crippen LogP contribution is -2.22. The van der Waals surface area contributed by atoms with E-state index in [1.165, 1.54) is 14.0 Å². The molecule has 0 spiro atoms. The minimum absolute atomic E-state index is 0.00819. The quantitative estimate of drug-likeness (QED) is 0.298. The van der Waals surface area contributed by atoms with Gasteiger partial charge in [-0.15, -0.1) is 5.11 Å². The van der Waals surface area contributed by atoms with E-state index in [9.17, 15) is 38.4 Å². The summed E-state index contributed by atoms with van der Waals surface area (Å²) in [6.07, 6.45) is -4.68. The van der Waals surface area contributed by atoms with Crippen molar-refractivity contribution in [3.63, 3.8) is 0 Å². The Hall–Kier alpha value is -3.79. The minimum Gasteiger partial charge on any atom is -0.493 e. The first-order chi connectivity index (χ1) is 14.5. The Morgan fingerprint density at radius 2 is 2.03 bits per heavy atom. The van der Waals surface area contributed by atoms with Crippen LogP contribution < -0.4 is 5.56 Å². The van der Waals surface area contributed by atoms with Crippen LogP contribution in [0.1, 0.15) is 23.1 Å². The van der Waals surface area contributed by atoms with Crippen molar-refractivity contribution >= 4 is 17.1 Å². The lowest BCUT2D eigenvalue weighted by atomic mass is 10.1. The summed E-state index contributed by atoms with van der Waals surface area (Å²) >= 11 is 0. The van der Waals surface area contributed by atoms with E-state index in [-0.39, 0.29) is 30.0 Å². The molecular formula is C18H16F3N5O5. The SMILES string of the molecule is COCCCn1c(O)c(C#N)c(C)c(N=Nc2ccc([N+](=O)[O-])c(C(F)(F)F)c2)c1=O. The first-order valence-electron chi connectivity index (χ1n) is 8.65. The number of halogens is 3. The van der Waals surface area contributed by atoms with Gasteiger partial charge in [0.25, 0.3) is 11.2 Å². The highest BCUT2D eigenvalue weighted by Gasteiger charge is 2.38. The van der Waals surface area contributed by atoms with Gasteiger partial charge in [-0.25, -0.2) is 0 Å². The second kappa shape index (κ2) is 9.35. The van der Waals surface area contributed by atoms with Crippen LogP contribution in [0.25, 0.3) is 0 Å². The zero-order chi connectivity index (χ0) is 23.3. The molecule has 13 heteroatoms. The summed E-state index contributed by atoms with van der Waals surface area (Å²) < 4.78 is 45.1. The maximum atomic E-state index is 13.1. The van der Waals surface area contributed by atoms with Gasteiger partial charge in [0.05, 0.1) is 10.6 Å². The molecule has 0 amide bonds. The fraction of sp³-hybridized carbons (Fsp3) is 0.333. The van der Waals surface area contributed by atoms with Crippen LogP contribution in [0.2, 0.25) is 0 Å². The number of methoxy groups -OCH3 is 1. The predicted molar refractivity (Wildman–Crippen MR) is 101 cm³/mol. The highest BCUT2D eigenvalue weighted by molar-refractivity contribution is 5.57. The third-order valence-electron chi connectivity index (χ3n) is 4.25. The number of ether oxygens (including phenoxy) is 1. The maximum Gasteiger partial charge on any atom is 0.423 e. The fourth-order valence-electron chi connectivity index (χ4n) is 2.71. The van der Waals surface area contributed by atoms with Crippen LogP contribution in [0, 0.1) is 28.4 Å². The molecule has 1 N–H and O–H groups in total. The second-order valence-corrected chi connectivity index (χ2v) is 6.24. The molecule has 0 aliphatic heterocycles. The number of aromatic hydroxyl groups is 1. The van der Waals surface area contributed by atoms with E-state index in [2.05, 4.69) is 10.2 Å². The van der Waals surface area contributed by atoms with Crippen LogP contribution in [-0.2, 0) is 17.5 Å². The fourth-order valence-corrected chi connectivity index (χ4v) is 2.71. The van der Waals surface area contributed by atoms with Gasteiger partial charge in [-0.2, -0.15) is 23.5 Å². The van der Waals surface area contributed by atoms with Crippen LogP contribution in [0.3, 0.4) is 0 Å². The molecule has 0 unspecified atom stereocenters. The summed E-state index contributed by atoms with van der Waals surface area (Å²) in [5, 5.41) is 37.6. The summed E-state index contributed by atoms with van der Waals surface area (Å²) in [6, 6.07) is 3.74. The summed E-state index contributed by atoms with van der Waals surface area (Å²) in [4.78, 5) is 22.4. The topological polar surface area (TPSA) is 143 Å². The summed E-state index contributed by atoms with van der Waals surface area (Å²) in [7, 11) is 1.44. The van der Waals surface area contributed by atoms with E-state index >= 15 is 0 Å². The number of benzene rings is 1. The smallest absolute Gasteiger partial charge is 0.423 e. The van der Waals surface area contributed by atoms with Crippen molar-refractivity contribution in [3.05, 3.63) is 55.4 Å². The Morgan fingerprint density at radius 3 is 2.58 bits per heavy atom. The van der Waals surface area contributed by atoms with Crippen molar-refractivity contribution in [2.45, 2.75) is 26.1 Å². The molecule has 164 valence electrons. The van der Waals surface area contributed by atoms with Crippen molar-refractivity contribution < 1.29 is 27.9 Å². The highest BCUT2D eigenvalue weighted by Crippen LogP contribution is 2.38. The number of azo groups is 1. The zero-order valence-electron chi connectivity index (χ0n) is 16.3. The summed E-state index contributed by atoms with van der Waals surface area (Å²) in [5.41, 5.74) is -4.51. The van der Waals surface area contributed by atoms with Gasteiger partial charge in [0.2, 0.25) is 5.88 Å². The number of nitro groups is 1. The monoisotopic (exact) mass is 439 g/mol. The molecular weight excluding hydrogens is 423 g/mol. The van der Waals surface area contributed by atoms with Gasteiger partial charge in [-0.3, -0.25) is 19.5 Å². The van der Waals surface area contributed by atoms with E-state index in [0.29, 0.717) is 18.6 Å². The van der Waals surface area contributed by atoms with Gasteiger partial charge in [0.1, 0.15) is 17.2 Å². The van der Waals surface area contributed by atoms with Crippen molar-refractivity contribution in [1.29, 1.82) is 5.26 Å². The molecule has 0 atom stereocenters. The maximum absolute atomic E-state index is 13.1. The molecule has 0 saturated heterocycles. The average molecular weight is 439 g/mol. The first-order valence-corrected chi connectivity index (χ1v) is 8.65. The highest BCUT2D eigenvalue weighted by atomic mass is 19.4. The third-order valence-corrected chi connectivity index (χ3v) is 4.25. The number of rotatable bonds is 7. The molecule has 2 rings (SSSR count). The Balaban J connectivity index is 2.58. The minimum atomic E-state index is -5.01. The Kier molecular flexibility index (Phi) is 7.08. The van der Waals surface area contributed by atoms with E-state index in [1.807, 2.05) is 0 Å². The van der Waals surface area contributed by atoms with E-state index in [1.54, 1.807) is 6.07 Å². The number of nitro benzene ring substituents is 1. The van der Waals surface area contributed by atoms with E-state index < -0.39 is 39.5 Å². The van der Waals surface area contributed by atoms with Crippen LogP contribution in [0.15, 0.2) is 33.2 Å². The van der Waals surface area contributed by atoms with Crippen LogP contribution in [0.4, 0.5) is 30.2 Å². The molecule has 1 aromatic carbocycles. The average Bonchev–Trinajstić information content (AvgIpc) is 2.70. The van der Waals surface area contributed by atoms with Gasteiger partial charge in [-0.1, -0.05) is 0 Å². The molecule has 1 heterocycles. The molecule has 0 aliphatic carbocycles. The molecule has 0 radical (unpaired) electrons. The van der Waals surface area contributed by atoms with Gasteiger partial charge >= 0.3 is 6.18 Å². The molecule has 2 aromatic rings. The molecule has 10 nitrogen and oxygen atoms in total. The number of pyridine rings is 1. The molecule has 0 bridgehead atoms. The van der Waals surface area contributed by atoms with Gasteiger partial charge in [-0.05, 0) is 25.5 Å². The predicted octanol–water partition coefficient (Wildman–Crippen LogP) is 4.11. The molecule has 31 heavy (non-hydrogen) atoms. The third kappa shape index (κ3) is 5.04. The Morgan fingerprint density at radius 1 is 1.35 bits per heavy atom. The van der Waals surface area contributed by atoms with E-state index in [0.717, 1.165) is 10.6 Å². The summed E-state index contributed by atoms with van der Waals surface area (Å²) in [6.45, 7) is 1.58. The molecule has 0 saturated carbocycles. The van der Waals surface area contributed by atoms with Crippen molar-refractivity contribution in [2.24, 2.45) is 10.2 Å². The van der Waals surface area contributed by atoms with Crippen LogP contribution >= 0.6 is 0 Å². The van der Waals surface area contributed by atoms with Crippen LogP contribution in [-0.4, -0.2) is 28.3 Å². The number of alkyl halides is 3. The first kappa shape index (κ1) is 23.5. The van der Waals surface area contributed by atoms with Crippen molar-refractivity contribution in [3.8, 4) is 11.9 Å². The van der Waals surface area contributed by atoms with Gasteiger partial charge in [0.15, 0.2) is 5.69 Å². The summed E-state index contributed by atoms with van der Waals surface area (Å²) in [5.74, 6) is -0.574. The van der Waals surface area contributed by atoms with Gasteiger partial charge in [0, 0.05) is 31.9 Å². The standard InChI is InChI=1S/C18H16F3N5O5/c1-10-12(9-22)16(27)25(6-3-7-31-2)17(28)15(10)24-23-11-4-5-14(26(29)30)13(8-11)18(19,20)21/h4-5,8,27H,3,6-7H2,1-2H3. The lowest BCUT2D eigenvalue weighted by Gasteiger charge is -2.12. The number of aromatic nitrogens is 1. The molecule has 1 aromatic heterocycles. The zero-order valence-corrected chi connectivity index (χ0v) is 16.3. The van der Waals surface area contributed by atoms with E-state index in [4.69, 9.17) is 4.74 Å². The number of nitriles is 1. The number of nitrogens with zero attached hydrogens (tertiary/aromatic N) is 5. The van der Waals surface area contributed by atoms with Crippen LogP contribution in [0.5, 0.6) is 5.88 Å². The number of hydrogen-bond donors (Lipinski definition) is 1. The van der Waals surface area contributed by atoms with Gasteiger partial charge < -0.3 is 9.84 Å². The Labute approximate surface area is 173 Å². The molecule has 0 aliphatic rings. The lowest BCUT2D eigenvalue weighted by molar-refractivity contribution is -0.388. The molecule has 0 fully saturated rings. The van der Waals surface area contributed by atoms with Crippen molar-refractivity contribution in [1.82, 2.24) is 4.57 Å². The Bertz CT molecular complexity index is 1140. The largest absolute Gasteiger partial charge is 0.493 e. The normalized spacial score (nSPS) is 11.6.